The highest BCUT2D eigenvalue weighted by atomic mass is 28.4. The first-order valence-corrected chi connectivity index (χ1v) is 9.23. The fraction of sp³-hybridized carbons (Fsp3) is 0.923. The van der Waals surface area contributed by atoms with Gasteiger partial charge >= 0.3 is 0 Å². The standard InChI is InChI=1S/C13H28O2Si/c1-7-12(9-8-10-14)11-15-16(5,6)13(2,3)4/h10,12H,7-9,11H2,1-6H3/t12-/m1/s1. The van der Waals surface area contributed by atoms with Gasteiger partial charge in [0.15, 0.2) is 8.32 Å². The lowest BCUT2D eigenvalue weighted by Gasteiger charge is -2.37. The summed E-state index contributed by atoms with van der Waals surface area (Å²) in [6.45, 7) is 14.3. The van der Waals surface area contributed by atoms with Crippen LogP contribution in [0.1, 0.15) is 47.0 Å². The van der Waals surface area contributed by atoms with Crippen molar-refractivity contribution in [1.29, 1.82) is 0 Å². The van der Waals surface area contributed by atoms with Crippen LogP contribution < -0.4 is 0 Å². The highest BCUT2D eigenvalue weighted by molar-refractivity contribution is 6.74. The quantitative estimate of drug-likeness (QED) is 0.499. The number of rotatable bonds is 7. The highest BCUT2D eigenvalue weighted by Crippen LogP contribution is 2.37. The van der Waals surface area contributed by atoms with Gasteiger partial charge in [-0.15, -0.1) is 0 Å². The molecule has 0 aromatic heterocycles. The SMILES string of the molecule is CC[C@H](CCC=O)CO[Si](C)(C)C(C)(C)C. The fourth-order valence-electron chi connectivity index (χ4n) is 1.25. The Labute approximate surface area is 102 Å². The molecule has 0 aromatic rings. The smallest absolute Gasteiger partial charge is 0.191 e. The van der Waals surface area contributed by atoms with Crippen LogP contribution in [0.2, 0.25) is 18.1 Å². The van der Waals surface area contributed by atoms with Crippen molar-refractivity contribution in [2.75, 3.05) is 6.61 Å². The van der Waals surface area contributed by atoms with Crippen LogP contribution in [0.4, 0.5) is 0 Å². The third-order valence-electron chi connectivity index (χ3n) is 3.76. The molecule has 0 aromatic carbocycles. The Bertz CT molecular complexity index is 206. The molecule has 0 aliphatic heterocycles. The Morgan fingerprint density at radius 2 is 1.88 bits per heavy atom. The number of aldehydes is 1. The molecule has 96 valence electrons. The minimum atomic E-state index is -1.61. The van der Waals surface area contributed by atoms with Gasteiger partial charge in [-0.1, -0.05) is 34.1 Å². The molecule has 0 rings (SSSR count). The van der Waals surface area contributed by atoms with E-state index in [1.54, 1.807) is 0 Å². The van der Waals surface area contributed by atoms with Crippen molar-refractivity contribution in [3.05, 3.63) is 0 Å². The van der Waals surface area contributed by atoms with Crippen molar-refractivity contribution in [2.45, 2.75) is 65.1 Å². The van der Waals surface area contributed by atoms with Crippen LogP contribution >= 0.6 is 0 Å². The van der Waals surface area contributed by atoms with E-state index in [2.05, 4.69) is 40.8 Å². The van der Waals surface area contributed by atoms with Gasteiger partial charge in [-0.2, -0.15) is 0 Å². The molecule has 0 aliphatic rings. The van der Waals surface area contributed by atoms with Gasteiger partial charge in [-0.3, -0.25) is 0 Å². The number of hydrogen-bond donors (Lipinski definition) is 0. The molecule has 0 fully saturated rings. The molecule has 2 nitrogen and oxygen atoms in total. The molecule has 0 radical (unpaired) electrons. The van der Waals surface area contributed by atoms with E-state index in [0.29, 0.717) is 12.3 Å². The molecule has 16 heavy (non-hydrogen) atoms. The van der Waals surface area contributed by atoms with E-state index in [1.807, 2.05) is 0 Å². The minimum Gasteiger partial charge on any atom is -0.417 e. The van der Waals surface area contributed by atoms with Crippen molar-refractivity contribution in [1.82, 2.24) is 0 Å². The zero-order chi connectivity index (χ0) is 12.8. The molecule has 0 aliphatic carbocycles. The zero-order valence-electron chi connectivity index (χ0n) is 11.8. The summed E-state index contributed by atoms with van der Waals surface area (Å²) >= 11 is 0. The monoisotopic (exact) mass is 244 g/mol. The topological polar surface area (TPSA) is 26.3 Å². The third kappa shape index (κ3) is 5.26. The first-order valence-electron chi connectivity index (χ1n) is 6.32. The predicted molar refractivity (Wildman–Crippen MR) is 72.2 cm³/mol. The summed E-state index contributed by atoms with van der Waals surface area (Å²) in [5, 5.41) is 0.274. The van der Waals surface area contributed by atoms with E-state index in [-0.39, 0.29) is 5.04 Å². The molecule has 0 unspecified atom stereocenters. The van der Waals surface area contributed by atoms with Gasteiger partial charge in [0.2, 0.25) is 0 Å². The maximum absolute atomic E-state index is 10.4. The number of carbonyl (C=O) groups is 1. The maximum Gasteiger partial charge on any atom is 0.191 e. The lowest BCUT2D eigenvalue weighted by atomic mass is 10.0. The van der Waals surface area contributed by atoms with Crippen LogP contribution in [0.3, 0.4) is 0 Å². The number of carbonyl (C=O) groups excluding carboxylic acids is 1. The Hall–Kier alpha value is -0.153. The van der Waals surface area contributed by atoms with E-state index in [4.69, 9.17) is 4.43 Å². The summed E-state index contributed by atoms with van der Waals surface area (Å²) in [6.07, 6.45) is 3.74. The summed E-state index contributed by atoms with van der Waals surface area (Å²) in [4.78, 5) is 10.4. The van der Waals surface area contributed by atoms with Gasteiger partial charge in [0.25, 0.3) is 0 Å². The summed E-state index contributed by atoms with van der Waals surface area (Å²) in [6, 6.07) is 0. The number of hydrogen-bond acceptors (Lipinski definition) is 2. The Balaban J connectivity index is 4.14. The Morgan fingerprint density at radius 1 is 1.31 bits per heavy atom. The first-order chi connectivity index (χ1) is 7.24. The summed E-state index contributed by atoms with van der Waals surface area (Å²) in [5.74, 6) is 0.541. The van der Waals surface area contributed by atoms with Gasteiger partial charge < -0.3 is 9.22 Å². The lowest BCUT2D eigenvalue weighted by Crippen LogP contribution is -2.41. The van der Waals surface area contributed by atoms with E-state index in [9.17, 15) is 4.79 Å². The average molecular weight is 244 g/mol. The van der Waals surface area contributed by atoms with Crippen LogP contribution in [-0.2, 0) is 9.22 Å². The molecular weight excluding hydrogens is 216 g/mol. The van der Waals surface area contributed by atoms with Crippen LogP contribution in [0.15, 0.2) is 0 Å². The second-order valence-electron chi connectivity index (χ2n) is 6.09. The van der Waals surface area contributed by atoms with Crippen LogP contribution in [0, 0.1) is 5.92 Å². The second kappa shape index (κ2) is 6.55. The molecule has 1 atom stereocenters. The molecule has 0 N–H and O–H groups in total. The highest BCUT2D eigenvalue weighted by Gasteiger charge is 2.37. The van der Waals surface area contributed by atoms with Crippen LogP contribution in [0.25, 0.3) is 0 Å². The van der Waals surface area contributed by atoms with Crippen molar-refractivity contribution >= 4 is 14.6 Å². The minimum absolute atomic E-state index is 0.274. The summed E-state index contributed by atoms with van der Waals surface area (Å²) < 4.78 is 6.17. The predicted octanol–water partition coefficient (Wildman–Crippen LogP) is 4.01. The normalized spacial score (nSPS) is 14.9. The van der Waals surface area contributed by atoms with Gasteiger partial charge in [-0.05, 0) is 30.5 Å². The molecule has 3 heteroatoms. The first kappa shape index (κ1) is 15.8. The maximum atomic E-state index is 10.4. The van der Waals surface area contributed by atoms with Gasteiger partial charge in [0.1, 0.15) is 6.29 Å². The second-order valence-corrected chi connectivity index (χ2v) is 10.9. The molecule has 0 amide bonds. The van der Waals surface area contributed by atoms with Gasteiger partial charge in [-0.25, -0.2) is 0 Å². The Kier molecular flexibility index (Phi) is 6.49. The van der Waals surface area contributed by atoms with E-state index < -0.39 is 8.32 Å². The molecule has 0 bridgehead atoms. The van der Waals surface area contributed by atoms with E-state index >= 15 is 0 Å². The van der Waals surface area contributed by atoms with Gasteiger partial charge in [0, 0.05) is 13.0 Å². The van der Waals surface area contributed by atoms with Gasteiger partial charge in [0.05, 0.1) is 0 Å². The van der Waals surface area contributed by atoms with Crippen molar-refractivity contribution in [2.24, 2.45) is 5.92 Å². The van der Waals surface area contributed by atoms with Crippen molar-refractivity contribution in [3.8, 4) is 0 Å². The molecular formula is C13H28O2Si. The summed E-state index contributed by atoms with van der Waals surface area (Å²) in [5.41, 5.74) is 0. The fourth-order valence-corrected chi connectivity index (χ4v) is 2.34. The van der Waals surface area contributed by atoms with Crippen molar-refractivity contribution in [3.63, 3.8) is 0 Å². The zero-order valence-corrected chi connectivity index (χ0v) is 12.8. The van der Waals surface area contributed by atoms with E-state index in [0.717, 1.165) is 25.7 Å². The van der Waals surface area contributed by atoms with Crippen molar-refractivity contribution < 1.29 is 9.22 Å². The summed E-state index contributed by atoms with van der Waals surface area (Å²) in [7, 11) is -1.61. The molecule has 0 saturated heterocycles. The van der Waals surface area contributed by atoms with Crippen LogP contribution in [-0.4, -0.2) is 21.2 Å². The molecule has 0 heterocycles. The third-order valence-corrected chi connectivity index (χ3v) is 8.26. The largest absolute Gasteiger partial charge is 0.417 e. The molecule has 0 saturated carbocycles. The van der Waals surface area contributed by atoms with E-state index in [1.165, 1.54) is 0 Å². The Morgan fingerprint density at radius 3 is 2.25 bits per heavy atom. The lowest BCUT2D eigenvalue weighted by molar-refractivity contribution is -0.108. The molecule has 0 spiro atoms. The van der Waals surface area contributed by atoms with Crippen LogP contribution in [0.5, 0.6) is 0 Å². The average Bonchev–Trinajstić information content (AvgIpc) is 2.16.